The van der Waals surface area contributed by atoms with Crippen LogP contribution in [-0.4, -0.2) is 134 Å². The molecule has 3 heterocycles. The smallest absolute Gasteiger partial charge is 0.319 e. The number of rotatable bonds is 6. The van der Waals surface area contributed by atoms with Gasteiger partial charge in [0.15, 0.2) is 12.1 Å². The highest BCUT2D eigenvalue weighted by Gasteiger charge is 2.51. The Bertz CT molecular complexity index is 961. The van der Waals surface area contributed by atoms with E-state index in [-0.39, 0.29) is 36.5 Å². The second-order valence-electron chi connectivity index (χ2n) is 15.3. The molecule has 0 aromatic rings. The zero-order valence-electron chi connectivity index (χ0n) is 29.7. The standard InChI is InChI=1S/C34H63N3O7/c1-21(2)37-15-13-14-25(19-37)27-20-42-32(40)33(6,7)29(39)24(5)30(34(8,41-12)17-22(3)18-36(27)11)44-31-28(38)26(35(9)10)16-23(4)43-31/h21-28,30-31,38H,13-20H2,1-12H3/t22-,23-,24+,25+,26+,27-,28-,30-,31+,34-/m1/s1. The molecule has 0 aliphatic carbocycles. The van der Waals surface area contributed by atoms with E-state index in [1.165, 1.54) is 0 Å². The lowest BCUT2D eigenvalue weighted by Gasteiger charge is -2.47. The van der Waals surface area contributed by atoms with Gasteiger partial charge in [-0.2, -0.15) is 0 Å². The molecular formula is C34H63N3O7. The first kappa shape index (κ1) is 37.3. The lowest BCUT2D eigenvalue weighted by Crippen LogP contribution is -2.59. The highest BCUT2D eigenvalue weighted by molar-refractivity contribution is 6.04. The van der Waals surface area contributed by atoms with Crippen LogP contribution in [0.2, 0.25) is 0 Å². The van der Waals surface area contributed by atoms with Gasteiger partial charge in [-0.1, -0.05) is 13.8 Å². The van der Waals surface area contributed by atoms with E-state index < -0.39 is 41.4 Å². The molecule has 10 nitrogen and oxygen atoms in total. The predicted molar refractivity (Wildman–Crippen MR) is 171 cm³/mol. The van der Waals surface area contributed by atoms with Crippen LogP contribution >= 0.6 is 0 Å². The molecule has 0 bridgehead atoms. The van der Waals surface area contributed by atoms with E-state index in [4.69, 9.17) is 18.9 Å². The minimum Gasteiger partial charge on any atom is -0.463 e. The van der Waals surface area contributed by atoms with Crippen molar-refractivity contribution in [2.45, 2.75) is 129 Å². The predicted octanol–water partition coefficient (Wildman–Crippen LogP) is 3.44. The fourth-order valence-corrected chi connectivity index (χ4v) is 7.88. The highest BCUT2D eigenvalue weighted by Crippen LogP contribution is 2.38. The second kappa shape index (κ2) is 15.2. The summed E-state index contributed by atoms with van der Waals surface area (Å²) in [6.07, 6.45) is 0.646. The van der Waals surface area contributed by atoms with Crippen LogP contribution in [0.5, 0.6) is 0 Å². The fraction of sp³-hybridized carbons (Fsp3) is 0.941. The molecule has 0 saturated carbocycles. The Kier molecular flexibility index (Phi) is 12.9. The van der Waals surface area contributed by atoms with Crippen molar-refractivity contribution in [3.63, 3.8) is 0 Å². The van der Waals surface area contributed by atoms with E-state index in [1.807, 2.05) is 32.8 Å². The molecule has 256 valence electrons. The average molecular weight is 626 g/mol. The zero-order chi connectivity index (χ0) is 33.1. The number of ether oxygens (including phenoxy) is 4. The maximum atomic E-state index is 14.2. The molecule has 0 aromatic carbocycles. The van der Waals surface area contributed by atoms with E-state index >= 15 is 0 Å². The van der Waals surface area contributed by atoms with Crippen LogP contribution in [0.25, 0.3) is 0 Å². The van der Waals surface area contributed by atoms with Crippen LogP contribution in [0, 0.1) is 23.2 Å². The number of likely N-dealkylation sites (N-methyl/N-ethyl adjacent to an activating group) is 2. The number of cyclic esters (lactones) is 1. The summed E-state index contributed by atoms with van der Waals surface area (Å²) in [7, 11) is 7.63. The number of nitrogens with zero attached hydrogens (tertiary/aromatic N) is 3. The summed E-state index contributed by atoms with van der Waals surface area (Å²) in [5, 5.41) is 11.3. The molecule has 10 heteroatoms. The minimum absolute atomic E-state index is 0.0307. The van der Waals surface area contributed by atoms with Gasteiger partial charge in [-0.15, -0.1) is 0 Å². The Morgan fingerprint density at radius 2 is 1.75 bits per heavy atom. The summed E-state index contributed by atoms with van der Waals surface area (Å²) >= 11 is 0. The summed E-state index contributed by atoms with van der Waals surface area (Å²) in [5.74, 6) is -1.03. The van der Waals surface area contributed by atoms with Gasteiger partial charge in [-0.3, -0.25) is 14.5 Å². The molecule has 1 N–H and O–H groups in total. The van der Waals surface area contributed by atoms with Crippen molar-refractivity contribution in [2.75, 3.05) is 54.5 Å². The summed E-state index contributed by atoms with van der Waals surface area (Å²) in [4.78, 5) is 34.8. The number of ketones is 1. The Morgan fingerprint density at radius 1 is 1.09 bits per heavy atom. The van der Waals surface area contributed by atoms with E-state index in [2.05, 4.69) is 37.6 Å². The molecule has 0 radical (unpaired) electrons. The average Bonchev–Trinajstić information content (AvgIpc) is 2.95. The molecule has 10 atom stereocenters. The normalized spacial score (nSPS) is 40.8. The molecule has 0 unspecified atom stereocenters. The van der Waals surface area contributed by atoms with Crippen molar-refractivity contribution in [1.29, 1.82) is 0 Å². The van der Waals surface area contributed by atoms with Crippen LogP contribution in [0.4, 0.5) is 0 Å². The fourth-order valence-electron chi connectivity index (χ4n) is 7.88. The number of carbonyl (C=O) groups excluding carboxylic acids is 2. The molecular weight excluding hydrogens is 562 g/mol. The van der Waals surface area contributed by atoms with Gasteiger partial charge in [0.2, 0.25) is 0 Å². The minimum atomic E-state index is -1.40. The van der Waals surface area contributed by atoms with Crippen LogP contribution in [0.1, 0.15) is 81.1 Å². The van der Waals surface area contributed by atoms with Gasteiger partial charge in [0.1, 0.15) is 18.1 Å². The van der Waals surface area contributed by atoms with Crippen LogP contribution < -0.4 is 0 Å². The Balaban J connectivity index is 1.99. The zero-order valence-corrected chi connectivity index (χ0v) is 29.7. The third-order valence-corrected chi connectivity index (χ3v) is 10.7. The lowest BCUT2D eigenvalue weighted by molar-refractivity contribution is -0.295. The number of Topliss-reactive ketones (excluding diaryl/α,β-unsaturated/α-hetero) is 1. The number of aliphatic hydroxyl groups excluding tert-OH is 1. The number of esters is 1. The molecule has 0 aromatic heterocycles. The highest BCUT2D eigenvalue weighted by atomic mass is 16.7. The van der Waals surface area contributed by atoms with Gasteiger partial charge in [0.25, 0.3) is 0 Å². The third-order valence-electron chi connectivity index (χ3n) is 10.7. The monoisotopic (exact) mass is 625 g/mol. The van der Waals surface area contributed by atoms with Gasteiger partial charge in [-0.25, -0.2) is 0 Å². The van der Waals surface area contributed by atoms with Crippen molar-refractivity contribution in [3.05, 3.63) is 0 Å². The first-order chi connectivity index (χ1) is 20.4. The number of carbonyl (C=O) groups is 2. The molecule has 3 aliphatic rings. The largest absolute Gasteiger partial charge is 0.463 e. The number of piperidine rings is 1. The number of hydrogen-bond acceptors (Lipinski definition) is 10. The van der Waals surface area contributed by atoms with Crippen molar-refractivity contribution < 1.29 is 33.6 Å². The quantitative estimate of drug-likeness (QED) is 0.349. The molecule has 44 heavy (non-hydrogen) atoms. The van der Waals surface area contributed by atoms with Crippen LogP contribution in [0.3, 0.4) is 0 Å². The summed E-state index contributed by atoms with van der Waals surface area (Å²) < 4.78 is 25.1. The summed E-state index contributed by atoms with van der Waals surface area (Å²) in [5.41, 5.74) is -2.31. The van der Waals surface area contributed by atoms with E-state index in [9.17, 15) is 14.7 Å². The molecule has 3 aliphatic heterocycles. The summed E-state index contributed by atoms with van der Waals surface area (Å²) in [6, 6.07) is 0.322. The van der Waals surface area contributed by atoms with Crippen LogP contribution in [0.15, 0.2) is 0 Å². The van der Waals surface area contributed by atoms with Gasteiger partial charge in [0.05, 0.1) is 17.8 Å². The third kappa shape index (κ3) is 8.41. The molecule has 3 fully saturated rings. The Morgan fingerprint density at radius 3 is 2.34 bits per heavy atom. The van der Waals surface area contributed by atoms with E-state index in [0.717, 1.165) is 32.5 Å². The molecule has 3 rings (SSSR count). The van der Waals surface area contributed by atoms with Gasteiger partial charge >= 0.3 is 5.97 Å². The Labute approximate surface area is 267 Å². The number of aliphatic hydroxyl groups is 1. The number of likely N-dealkylation sites (tertiary alicyclic amines) is 1. The molecule has 0 spiro atoms. The van der Waals surface area contributed by atoms with E-state index in [0.29, 0.717) is 24.8 Å². The van der Waals surface area contributed by atoms with Gasteiger partial charge in [0, 0.05) is 44.2 Å². The number of methoxy groups -OCH3 is 1. The maximum Gasteiger partial charge on any atom is 0.319 e. The van der Waals surface area contributed by atoms with Crippen molar-refractivity contribution in [1.82, 2.24) is 14.7 Å². The van der Waals surface area contributed by atoms with Gasteiger partial charge < -0.3 is 33.9 Å². The SMILES string of the molecule is CO[C@]1(C)C[C@@H](C)CN(C)[C@@H]([C@H]2CCCN(C(C)C)C2)COC(=O)C(C)(C)C(=O)[C@H](C)[C@H]1O[C@@H]1O[C@H](C)C[C@H](N(C)C)[C@H]1O. The molecule has 0 amide bonds. The van der Waals surface area contributed by atoms with Crippen molar-refractivity contribution in [3.8, 4) is 0 Å². The molecule has 3 saturated heterocycles. The van der Waals surface area contributed by atoms with E-state index in [1.54, 1.807) is 27.9 Å². The first-order valence-corrected chi connectivity index (χ1v) is 16.8. The Hall–Kier alpha value is -1.14. The van der Waals surface area contributed by atoms with Crippen molar-refractivity contribution in [2.24, 2.45) is 23.2 Å². The maximum absolute atomic E-state index is 14.2. The topological polar surface area (TPSA) is 101 Å². The summed E-state index contributed by atoms with van der Waals surface area (Å²) in [6.45, 7) is 18.7. The van der Waals surface area contributed by atoms with Crippen LogP contribution in [-0.2, 0) is 28.5 Å². The second-order valence-corrected chi connectivity index (χ2v) is 15.3. The van der Waals surface area contributed by atoms with Gasteiger partial charge in [-0.05, 0) is 107 Å². The number of hydrogen-bond donors (Lipinski definition) is 1. The first-order valence-electron chi connectivity index (χ1n) is 16.8. The van der Waals surface area contributed by atoms with Crippen molar-refractivity contribution >= 4 is 11.8 Å². The lowest BCUT2D eigenvalue weighted by atomic mass is 9.74.